The van der Waals surface area contributed by atoms with Crippen LogP contribution in [0, 0.1) is 13.8 Å². The van der Waals surface area contributed by atoms with Crippen LogP contribution >= 0.6 is 0 Å². The third kappa shape index (κ3) is 5.08. The van der Waals surface area contributed by atoms with E-state index < -0.39 is 0 Å². The predicted molar refractivity (Wildman–Crippen MR) is 194 cm³/mol. The van der Waals surface area contributed by atoms with Crippen LogP contribution in [0.25, 0.3) is 33.3 Å². The Bertz CT molecular complexity index is 2250. The topological polar surface area (TPSA) is 33.5 Å². The maximum Gasteiger partial charge on any atom is 0.140 e. The third-order valence-corrected chi connectivity index (χ3v) is 9.19. The highest BCUT2D eigenvalue weighted by atomic mass is 16.5. The normalized spacial score (nSPS) is 15.9. The van der Waals surface area contributed by atoms with Crippen LogP contribution in [0.4, 0.5) is 5.69 Å². The fourth-order valence-electron chi connectivity index (χ4n) is 6.83. The summed E-state index contributed by atoms with van der Waals surface area (Å²) in [5, 5.41) is 2.37. The molecule has 47 heavy (non-hydrogen) atoms. The summed E-state index contributed by atoms with van der Waals surface area (Å²) in [7, 11) is 0. The summed E-state index contributed by atoms with van der Waals surface area (Å²) in [5.74, 6) is 2.50. The minimum absolute atomic E-state index is 0.0724. The van der Waals surface area contributed by atoms with E-state index in [1.807, 2.05) is 12.3 Å². The van der Waals surface area contributed by atoms with Crippen molar-refractivity contribution in [2.75, 3.05) is 4.90 Å². The van der Waals surface area contributed by atoms with Crippen LogP contribution in [0.1, 0.15) is 43.0 Å². The smallest absolute Gasteiger partial charge is 0.140 e. The first-order valence-corrected chi connectivity index (χ1v) is 16.2. The van der Waals surface area contributed by atoms with Gasteiger partial charge in [0.1, 0.15) is 23.5 Å². The van der Waals surface area contributed by atoms with Gasteiger partial charge in [-0.1, -0.05) is 75.4 Å². The van der Waals surface area contributed by atoms with Crippen LogP contribution < -0.4 is 9.64 Å². The number of benzene rings is 4. The molecule has 1 atom stereocenters. The number of ether oxygens (including phenoxy) is 1. The number of nitrogens with zero attached hydrogens (tertiary/aromatic N) is 4. The van der Waals surface area contributed by atoms with Crippen molar-refractivity contribution < 1.29 is 4.74 Å². The van der Waals surface area contributed by atoms with Gasteiger partial charge >= 0.3 is 0 Å². The van der Waals surface area contributed by atoms with E-state index >= 15 is 0 Å². The van der Waals surface area contributed by atoms with Crippen LogP contribution in [0.5, 0.6) is 11.5 Å². The summed E-state index contributed by atoms with van der Waals surface area (Å²) in [6.45, 7) is 11.0. The number of fused-ring (bicyclic) bond motifs is 4. The lowest BCUT2D eigenvalue weighted by Crippen LogP contribution is -2.36. The van der Waals surface area contributed by atoms with Gasteiger partial charge in [-0.15, -0.1) is 0 Å². The molecule has 0 saturated heterocycles. The second-order valence-electron chi connectivity index (χ2n) is 13.6. The Labute approximate surface area is 276 Å². The van der Waals surface area contributed by atoms with Gasteiger partial charge in [-0.3, -0.25) is 4.57 Å². The number of hydrogen-bond donors (Lipinski definition) is 0. The summed E-state index contributed by atoms with van der Waals surface area (Å²) in [6, 6.07) is 34.4. The average molecular weight is 615 g/mol. The highest BCUT2D eigenvalue weighted by Crippen LogP contribution is 2.39. The van der Waals surface area contributed by atoms with E-state index in [4.69, 9.17) is 9.72 Å². The molecule has 0 bridgehead atoms. The van der Waals surface area contributed by atoms with Crippen molar-refractivity contribution in [2.45, 2.75) is 46.2 Å². The van der Waals surface area contributed by atoms with E-state index in [2.05, 4.69) is 171 Å². The zero-order chi connectivity index (χ0) is 32.3. The van der Waals surface area contributed by atoms with Crippen LogP contribution in [-0.2, 0) is 5.41 Å². The van der Waals surface area contributed by atoms with Crippen LogP contribution in [0.2, 0.25) is 0 Å². The zero-order valence-corrected chi connectivity index (χ0v) is 27.5. The second kappa shape index (κ2) is 11.1. The molecule has 4 aromatic carbocycles. The fourth-order valence-corrected chi connectivity index (χ4v) is 6.83. The molecule has 0 spiro atoms. The van der Waals surface area contributed by atoms with Gasteiger partial charge in [0.25, 0.3) is 0 Å². The Morgan fingerprint density at radius 2 is 1.51 bits per heavy atom. The van der Waals surface area contributed by atoms with Gasteiger partial charge in [0.15, 0.2) is 0 Å². The van der Waals surface area contributed by atoms with E-state index in [0.717, 1.165) is 56.4 Å². The first-order valence-electron chi connectivity index (χ1n) is 16.2. The lowest BCUT2D eigenvalue weighted by molar-refractivity contribution is 0.470. The molecule has 2 aliphatic heterocycles. The summed E-state index contributed by atoms with van der Waals surface area (Å²) < 4.78 is 8.85. The Hall–Kier alpha value is -5.55. The quantitative estimate of drug-likeness (QED) is 0.193. The van der Waals surface area contributed by atoms with Gasteiger partial charge in [0.2, 0.25) is 0 Å². The molecule has 1 unspecified atom stereocenters. The van der Waals surface area contributed by atoms with Gasteiger partial charge in [0, 0.05) is 46.7 Å². The van der Waals surface area contributed by atoms with Crippen LogP contribution in [-0.4, -0.2) is 20.6 Å². The van der Waals surface area contributed by atoms with Crippen molar-refractivity contribution in [3.63, 3.8) is 0 Å². The lowest BCUT2D eigenvalue weighted by Gasteiger charge is -2.31. The molecule has 2 aliphatic rings. The molecule has 0 amide bonds. The molecule has 0 aliphatic carbocycles. The number of anilines is 1. The molecule has 8 rings (SSSR count). The fraction of sp³-hybridized carbons (Fsp3) is 0.167. The number of hydrogen-bond acceptors (Lipinski definition) is 4. The van der Waals surface area contributed by atoms with E-state index in [1.165, 1.54) is 16.3 Å². The SMILES string of the molecule is Cc1cnc(-n2c3ccccc3c3ccc(Oc4cccc(C5=CN(c6ccc(C(C)(C)C)cc6)C6C=CC=CN56)c4)cc32)c(C)c1. The van der Waals surface area contributed by atoms with Gasteiger partial charge in [-0.25, -0.2) is 4.98 Å². The second-order valence-corrected chi connectivity index (χ2v) is 13.6. The molecule has 5 heteroatoms. The average Bonchev–Trinajstić information content (AvgIpc) is 3.61. The van der Waals surface area contributed by atoms with Crippen LogP contribution in [0.15, 0.2) is 134 Å². The summed E-state index contributed by atoms with van der Waals surface area (Å²) in [4.78, 5) is 9.52. The molecular formula is C42H38N4O. The molecule has 0 radical (unpaired) electrons. The predicted octanol–water partition coefficient (Wildman–Crippen LogP) is 10.4. The summed E-state index contributed by atoms with van der Waals surface area (Å²) in [6.07, 6.45) is 12.9. The van der Waals surface area contributed by atoms with E-state index in [9.17, 15) is 0 Å². The Morgan fingerprint density at radius 3 is 2.32 bits per heavy atom. The molecule has 5 nitrogen and oxygen atoms in total. The van der Waals surface area contributed by atoms with Gasteiger partial charge < -0.3 is 14.5 Å². The first kappa shape index (κ1) is 28.9. The van der Waals surface area contributed by atoms with Crippen molar-refractivity contribution in [2.24, 2.45) is 0 Å². The Morgan fingerprint density at radius 1 is 0.723 bits per heavy atom. The highest BCUT2D eigenvalue weighted by molar-refractivity contribution is 6.09. The van der Waals surface area contributed by atoms with Crippen molar-refractivity contribution in [1.29, 1.82) is 0 Å². The molecule has 4 heterocycles. The Kier molecular flexibility index (Phi) is 6.80. The largest absolute Gasteiger partial charge is 0.457 e. The third-order valence-electron chi connectivity index (χ3n) is 9.19. The van der Waals surface area contributed by atoms with Crippen molar-refractivity contribution in [3.8, 4) is 17.3 Å². The number of aryl methyl sites for hydroxylation is 2. The van der Waals surface area contributed by atoms with E-state index in [-0.39, 0.29) is 11.6 Å². The lowest BCUT2D eigenvalue weighted by atomic mass is 9.87. The maximum absolute atomic E-state index is 6.59. The molecular weight excluding hydrogens is 576 g/mol. The molecule has 0 saturated carbocycles. The minimum atomic E-state index is 0.0724. The molecule has 0 fully saturated rings. The summed E-state index contributed by atoms with van der Waals surface area (Å²) in [5.41, 5.74) is 9.30. The molecule has 0 N–H and O–H groups in total. The van der Waals surface area contributed by atoms with E-state index in [0.29, 0.717) is 0 Å². The van der Waals surface area contributed by atoms with Gasteiger partial charge in [0.05, 0.1) is 16.7 Å². The van der Waals surface area contributed by atoms with Crippen LogP contribution in [0.3, 0.4) is 0 Å². The standard InChI is InChI=1S/C42H38N4O/c1-28-23-29(2)41(43-26-28)46-37-14-7-6-13-35(37)36-21-20-34(25-38(36)46)47-33-12-10-11-30(24-33)39-27-45(40-15-8-9-22-44(39)40)32-18-16-31(17-19-32)42(3,4)5/h6-27,40H,1-5H3. The summed E-state index contributed by atoms with van der Waals surface area (Å²) >= 11 is 0. The maximum atomic E-state index is 6.59. The monoisotopic (exact) mass is 614 g/mol. The molecule has 6 aromatic rings. The number of pyridine rings is 1. The number of para-hydroxylation sites is 1. The Balaban J connectivity index is 1.15. The van der Waals surface area contributed by atoms with Crippen molar-refractivity contribution >= 4 is 33.2 Å². The number of aromatic nitrogens is 2. The molecule has 2 aromatic heterocycles. The zero-order valence-electron chi connectivity index (χ0n) is 27.5. The molecule has 232 valence electrons. The van der Waals surface area contributed by atoms with Gasteiger partial charge in [-0.2, -0.15) is 0 Å². The van der Waals surface area contributed by atoms with E-state index in [1.54, 1.807) is 0 Å². The minimum Gasteiger partial charge on any atom is -0.457 e. The van der Waals surface area contributed by atoms with Crippen molar-refractivity contribution in [1.82, 2.24) is 14.5 Å². The van der Waals surface area contributed by atoms with Crippen molar-refractivity contribution in [3.05, 3.63) is 156 Å². The number of allylic oxidation sites excluding steroid dienone is 2. The highest BCUT2D eigenvalue weighted by Gasteiger charge is 2.32. The number of rotatable bonds is 5. The first-order chi connectivity index (χ1) is 22.7. The van der Waals surface area contributed by atoms with Gasteiger partial charge in [-0.05, 0) is 90.6 Å².